The second-order valence-electron chi connectivity index (χ2n) is 8.26. The molecule has 1 aliphatic rings. The highest BCUT2D eigenvalue weighted by molar-refractivity contribution is 6.28. The van der Waals surface area contributed by atoms with E-state index in [2.05, 4.69) is 25.6 Å². The number of pyridine rings is 1. The summed E-state index contributed by atoms with van der Waals surface area (Å²) in [5.41, 5.74) is 7.12. The van der Waals surface area contributed by atoms with E-state index >= 15 is 0 Å². The molecule has 1 aliphatic heterocycles. The predicted molar refractivity (Wildman–Crippen MR) is 128 cm³/mol. The van der Waals surface area contributed by atoms with Gasteiger partial charge in [-0.1, -0.05) is 0 Å². The Hall–Kier alpha value is -3.64. The maximum atomic E-state index is 13.2. The van der Waals surface area contributed by atoms with E-state index in [0.29, 0.717) is 34.9 Å². The Labute approximate surface area is 209 Å². The van der Waals surface area contributed by atoms with Crippen molar-refractivity contribution in [2.75, 3.05) is 29.5 Å². The van der Waals surface area contributed by atoms with Gasteiger partial charge < -0.3 is 26.4 Å². The summed E-state index contributed by atoms with van der Waals surface area (Å²) < 4.78 is 39.7. The zero-order chi connectivity index (χ0) is 26.0. The fourth-order valence-corrected chi connectivity index (χ4v) is 4.07. The monoisotopic (exact) mass is 521 g/mol. The van der Waals surface area contributed by atoms with Gasteiger partial charge in [0.05, 0.1) is 37.0 Å². The smallest absolute Gasteiger partial charge is 0.399 e. The van der Waals surface area contributed by atoms with Crippen LogP contribution in [0.4, 0.5) is 30.4 Å². The van der Waals surface area contributed by atoms with E-state index in [9.17, 15) is 18.0 Å². The largest absolute Gasteiger partial charge is 0.416 e. The highest BCUT2D eigenvalue weighted by Gasteiger charge is 2.32. The number of nitrogen functional groups attached to an aromatic ring is 1. The normalized spacial score (nSPS) is 13.9. The van der Waals surface area contributed by atoms with Crippen molar-refractivity contribution in [3.8, 4) is 0 Å². The average molecular weight is 522 g/mol. The van der Waals surface area contributed by atoms with Crippen molar-refractivity contribution < 1.29 is 23.1 Å². The van der Waals surface area contributed by atoms with E-state index in [-0.39, 0.29) is 42.3 Å². The molecule has 9 nitrogen and oxygen atoms in total. The molecular formula is C23H23ClF3N7O2. The van der Waals surface area contributed by atoms with Crippen LogP contribution in [-0.4, -0.2) is 44.0 Å². The van der Waals surface area contributed by atoms with Gasteiger partial charge in [0, 0.05) is 29.7 Å². The molecule has 0 radical (unpaired) electrons. The molecule has 0 spiro atoms. The van der Waals surface area contributed by atoms with E-state index in [4.69, 9.17) is 22.4 Å². The van der Waals surface area contributed by atoms with Crippen LogP contribution in [0.3, 0.4) is 0 Å². The number of benzene rings is 1. The molecule has 2 aromatic heterocycles. The van der Waals surface area contributed by atoms with Gasteiger partial charge in [-0.25, -0.2) is 9.97 Å². The molecule has 0 unspecified atom stereocenters. The standard InChI is InChI=1S/C23H23ClF3N7O2/c1-12(13-6-14(23(25,26)27)8-15(28)7-13)31-20-17-10-34(11-19(17)32-22(24)33-20)21(36)18-9-16(2-3-30-18)29-4-5-35/h2-3,6-9,12,35H,4-5,10-11,28H2,1H3,(H,29,30)(H,31,32,33)/t12-/m1/s1. The number of aliphatic hydroxyl groups excluding tert-OH is 1. The number of aromatic nitrogens is 3. The second-order valence-corrected chi connectivity index (χ2v) is 8.60. The van der Waals surface area contributed by atoms with Crippen LogP contribution in [0.5, 0.6) is 0 Å². The second kappa shape index (κ2) is 10.2. The van der Waals surface area contributed by atoms with Crippen molar-refractivity contribution in [1.82, 2.24) is 19.9 Å². The van der Waals surface area contributed by atoms with Gasteiger partial charge in [-0.3, -0.25) is 9.78 Å². The van der Waals surface area contributed by atoms with E-state index < -0.39 is 17.8 Å². The van der Waals surface area contributed by atoms with Gasteiger partial charge in [0.25, 0.3) is 5.91 Å². The molecule has 0 saturated carbocycles. The van der Waals surface area contributed by atoms with Crippen LogP contribution < -0.4 is 16.4 Å². The van der Waals surface area contributed by atoms with E-state index in [1.807, 2.05) is 0 Å². The maximum absolute atomic E-state index is 13.2. The number of carbonyl (C=O) groups excluding carboxylic acids is 1. The quantitative estimate of drug-likeness (QED) is 0.272. The summed E-state index contributed by atoms with van der Waals surface area (Å²) in [6, 6.07) is 6.01. The number of aliphatic hydroxyl groups is 1. The lowest BCUT2D eigenvalue weighted by atomic mass is 10.0. The third kappa shape index (κ3) is 5.60. The zero-order valence-corrected chi connectivity index (χ0v) is 19.9. The van der Waals surface area contributed by atoms with Crippen molar-refractivity contribution in [3.63, 3.8) is 0 Å². The molecular weight excluding hydrogens is 499 g/mol. The molecule has 5 N–H and O–H groups in total. The number of rotatable bonds is 7. The molecule has 1 amide bonds. The minimum absolute atomic E-state index is 0.0144. The van der Waals surface area contributed by atoms with Gasteiger partial charge in [-0.2, -0.15) is 13.2 Å². The van der Waals surface area contributed by atoms with Crippen LogP contribution in [0.1, 0.15) is 45.8 Å². The number of fused-ring (bicyclic) bond motifs is 1. The summed E-state index contributed by atoms with van der Waals surface area (Å²) in [5.74, 6) is -0.0310. The number of hydrogen-bond acceptors (Lipinski definition) is 8. The highest BCUT2D eigenvalue weighted by atomic mass is 35.5. The molecule has 190 valence electrons. The molecule has 3 heterocycles. The zero-order valence-electron chi connectivity index (χ0n) is 19.1. The van der Waals surface area contributed by atoms with Gasteiger partial charge in [0.2, 0.25) is 5.28 Å². The van der Waals surface area contributed by atoms with Crippen LogP contribution in [0.15, 0.2) is 36.5 Å². The number of nitrogens with one attached hydrogen (secondary N) is 2. The van der Waals surface area contributed by atoms with Crippen molar-refractivity contribution in [2.45, 2.75) is 32.2 Å². The SMILES string of the molecule is C[C@@H](Nc1nc(Cl)nc2c1CN(C(=O)c1cc(NCCO)ccn1)C2)c1cc(N)cc(C(F)(F)F)c1. The first kappa shape index (κ1) is 25.5. The number of nitrogens with zero attached hydrogens (tertiary/aromatic N) is 4. The van der Waals surface area contributed by atoms with E-state index in [1.165, 1.54) is 17.2 Å². The molecule has 4 rings (SSSR count). The molecule has 0 aliphatic carbocycles. The topological polar surface area (TPSA) is 129 Å². The lowest BCUT2D eigenvalue weighted by molar-refractivity contribution is -0.137. The summed E-state index contributed by atoms with van der Waals surface area (Å²) in [4.78, 5) is 27.2. The number of halogens is 4. The van der Waals surface area contributed by atoms with Crippen LogP contribution in [0, 0.1) is 0 Å². The lowest BCUT2D eigenvalue weighted by Crippen LogP contribution is -2.26. The first-order chi connectivity index (χ1) is 17.0. The summed E-state index contributed by atoms with van der Waals surface area (Å²) in [7, 11) is 0. The molecule has 1 atom stereocenters. The Kier molecular flexibility index (Phi) is 7.18. The number of nitrogens with two attached hydrogens (primary N) is 1. The third-order valence-electron chi connectivity index (χ3n) is 5.62. The first-order valence-electron chi connectivity index (χ1n) is 10.9. The van der Waals surface area contributed by atoms with Crippen molar-refractivity contribution in [1.29, 1.82) is 0 Å². The molecule has 1 aromatic carbocycles. The Morgan fingerprint density at radius 3 is 2.75 bits per heavy atom. The van der Waals surface area contributed by atoms with Gasteiger partial charge in [-0.05, 0) is 54.4 Å². The van der Waals surface area contributed by atoms with Crippen LogP contribution in [-0.2, 0) is 19.3 Å². The van der Waals surface area contributed by atoms with Gasteiger partial charge >= 0.3 is 6.18 Å². The number of alkyl halides is 3. The van der Waals surface area contributed by atoms with Gasteiger partial charge in [-0.15, -0.1) is 0 Å². The Morgan fingerprint density at radius 1 is 1.25 bits per heavy atom. The number of anilines is 3. The molecule has 3 aromatic rings. The van der Waals surface area contributed by atoms with E-state index in [1.54, 1.807) is 19.1 Å². The molecule has 0 saturated heterocycles. The Bertz CT molecular complexity index is 1290. The van der Waals surface area contributed by atoms with Gasteiger partial charge in [0.15, 0.2) is 0 Å². The number of hydrogen-bond donors (Lipinski definition) is 4. The fourth-order valence-electron chi connectivity index (χ4n) is 3.89. The fraction of sp³-hybridized carbons (Fsp3) is 0.304. The van der Waals surface area contributed by atoms with Crippen LogP contribution in [0.25, 0.3) is 0 Å². The van der Waals surface area contributed by atoms with Crippen LogP contribution >= 0.6 is 11.6 Å². The summed E-state index contributed by atoms with van der Waals surface area (Å²) in [5, 5.41) is 15.0. The minimum atomic E-state index is -4.54. The Morgan fingerprint density at radius 2 is 2.03 bits per heavy atom. The lowest BCUT2D eigenvalue weighted by Gasteiger charge is -2.19. The minimum Gasteiger partial charge on any atom is -0.399 e. The van der Waals surface area contributed by atoms with Crippen molar-refractivity contribution >= 4 is 34.7 Å². The Balaban J connectivity index is 1.56. The summed E-state index contributed by atoms with van der Waals surface area (Å²) in [6.45, 7) is 2.25. The van der Waals surface area contributed by atoms with Crippen molar-refractivity contribution in [2.24, 2.45) is 0 Å². The number of amides is 1. The summed E-state index contributed by atoms with van der Waals surface area (Å²) in [6.07, 6.45) is -3.05. The molecule has 13 heteroatoms. The average Bonchev–Trinajstić information content (AvgIpc) is 3.25. The van der Waals surface area contributed by atoms with Gasteiger partial charge in [0.1, 0.15) is 11.5 Å². The molecule has 0 fully saturated rings. The first-order valence-corrected chi connectivity index (χ1v) is 11.3. The maximum Gasteiger partial charge on any atom is 0.416 e. The summed E-state index contributed by atoms with van der Waals surface area (Å²) >= 11 is 6.11. The van der Waals surface area contributed by atoms with E-state index in [0.717, 1.165) is 12.1 Å². The van der Waals surface area contributed by atoms with Crippen molar-refractivity contribution in [3.05, 3.63) is 69.9 Å². The number of carbonyl (C=O) groups is 1. The third-order valence-corrected chi connectivity index (χ3v) is 5.79. The highest BCUT2D eigenvalue weighted by Crippen LogP contribution is 2.35. The predicted octanol–water partition coefficient (Wildman–Crippen LogP) is 3.86. The molecule has 36 heavy (non-hydrogen) atoms. The molecule has 0 bridgehead atoms. The van der Waals surface area contributed by atoms with Crippen LogP contribution in [0.2, 0.25) is 5.28 Å².